The van der Waals surface area contributed by atoms with Crippen molar-refractivity contribution in [2.24, 2.45) is 11.8 Å². The normalized spacial score (nSPS) is 27.4. The van der Waals surface area contributed by atoms with Gasteiger partial charge in [-0.3, -0.25) is 0 Å². The van der Waals surface area contributed by atoms with Crippen LogP contribution in [-0.4, -0.2) is 19.6 Å². The Hall–Kier alpha value is -1.60. The lowest BCUT2D eigenvalue weighted by Crippen LogP contribution is -2.37. The molecule has 1 N–H and O–H groups in total. The van der Waals surface area contributed by atoms with E-state index in [1.807, 2.05) is 0 Å². The highest BCUT2D eigenvalue weighted by Gasteiger charge is 2.41. The first-order valence-corrected chi connectivity index (χ1v) is 9.57. The molecule has 0 amide bonds. The van der Waals surface area contributed by atoms with Crippen molar-refractivity contribution < 1.29 is 17.4 Å². The summed E-state index contributed by atoms with van der Waals surface area (Å²) in [7, 11) is -3.64. The highest BCUT2D eigenvalue weighted by atomic mass is 32.2. The predicted octanol–water partition coefficient (Wildman–Crippen LogP) is 3.10. The minimum Gasteiger partial charge on any atom is -0.440 e. The Morgan fingerprint density at radius 1 is 1.17 bits per heavy atom. The number of sulfonamides is 1. The Morgan fingerprint density at radius 2 is 2.04 bits per heavy atom. The van der Waals surface area contributed by atoms with Gasteiger partial charge < -0.3 is 8.94 Å². The van der Waals surface area contributed by atoms with E-state index in [-0.39, 0.29) is 11.1 Å². The summed E-state index contributed by atoms with van der Waals surface area (Å²) in [6.07, 6.45) is 5.61. The van der Waals surface area contributed by atoms with E-state index in [9.17, 15) is 8.42 Å². The first kappa shape index (κ1) is 15.0. The van der Waals surface area contributed by atoms with Gasteiger partial charge in [0.2, 0.25) is 10.9 Å². The SMILES string of the molecule is Cc1cc(-c2ccc(S(=O)(=O)N[C@@H]3CC[C@H]4CCC[C@H]43)o2)on1. The Balaban J connectivity index is 1.54. The summed E-state index contributed by atoms with van der Waals surface area (Å²) < 4.78 is 38.6. The minimum absolute atomic E-state index is 0.0357. The number of nitrogens with zero attached hydrogens (tertiary/aromatic N) is 1. The van der Waals surface area contributed by atoms with E-state index in [1.165, 1.54) is 18.9 Å². The molecule has 2 aromatic heterocycles. The Morgan fingerprint density at radius 3 is 2.83 bits per heavy atom. The topological polar surface area (TPSA) is 85.3 Å². The summed E-state index contributed by atoms with van der Waals surface area (Å²) >= 11 is 0. The van der Waals surface area contributed by atoms with Crippen LogP contribution in [0, 0.1) is 18.8 Å². The Kier molecular flexibility index (Phi) is 3.57. The van der Waals surface area contributed by atoms with E-state index >= 15 is 0 Å². The van der Waals surface area contributed by atoms with Crippen LogP contribution in [0.5, 0.6) is 0 Å². The minimum atomic E-state index is -3.64. The van der Waals surface area contributed by atoms with Gasteiger partial charge in [-0.25, -0.2) is 13.1 Å². The molecular weight excluding hydrogens is 316 g/mol. The van der Waals surface area contributed by atoms with Gasteiger partial charge in [0.25, 0.3) is 10.0 Å². The number of nitrogens with one attached hydrogen (secondary N) is 1. The summed E-state index contributed by atoms with van der Waals surface area (Å²) in [5, 5.41) is 3.72. The second-order valence-electron chi connectivity index (χ2n) is 6.61. The lowest BCUT2D eigenvalue weighted by atomic mass is 9.98. The molecule has 0 aromatic carbocycles. The molecule has 23 heavy (non-hydrogen) atoms. The van der Waals surface area contributed by atoms with Crippen molar-refractivity contribution in [1.29, 1.82) is 0 Å². The van der Waals surface area contributed by atoms with Gasteiger partial charge >= 0.3 is 0 Å². The fourth-order valence-electron chi connectivity index (χ4n) is 4.04. The summed E-state index contributed by atoms with van der Waals surface area (Å²) in [5.74, 6) is 1.97. The van der Waals surface area contributed by atoms with Gasteiger partial charge in [-0.15, -0.1) is 0 Å². The highest BCUT2D eigenvalue weighted by Crippen LogP contribution is 2.44. The Bertz CT molecular complexity index is 808. The maximum absolute atomic E-state index is 12.6. The molecule has 0 bridgehead atoms. The third kappa shape index (κ3) is 2.72. The molecule has 124 valence electrons. The van der Waals surface area contributed by atoms with Gasteiger partial charge in [0, 0.05) is 12.1 Å². The van der Waals surface area contributed by atoms with Gasteiger partial charge in [-0.05, 0) is 50.2 Å². The van der Waals surface area contributed by atoms with Gasteiger partial charge in [0.1, 0.15) is 0 Å². The molecular formula is C16H20N2O4S. The van der Waals surface area contributed by atoms with Crippen LogP contribution in [0.15, 0.2) is 32.2 Å². The van der Waals surface area contributed by atoms with Crippen LogP contribution >= 0.6 is 0 Å². The van der Waals surface area contributed by atoms with Crippen molar-refractivity contribution in [3.63, 3.8) is 0 Å². The smallest absolute Gasteiger partial charge is 0.274 e. The molecule has 0 aliphatic heterocycles. The number of hydrogen-bond donors (Lipinski definition) is 1. The van der Waals surface area contributed by atoms with Gasteiger partial charge in [0.15, 0.2) is 5.76 Å². The molecule has 2 heterocycles. The zero-order valence-corrected chi connectivity index (χ0v) is 13.8. The number of hydrogen-bond acceptors (Lipinski definition) is 5. The molecule has 2 fully saturated rings. The van der Waals surface area contributed by atoms with E-state index in [0.717, 1.165) is 25.0 Å². The fourth-order valence-corrected chi connectivity index (χ4v) is 5.30. The van der Waals surface area contributed by atoms with Crippen LogP contribution in [0.2, 0.25) is 0 Å². The molecule has 7 heteroatoms. The summed E-state index contributed by atoms with van der Waals surface area (Å²) in [4.78, 5) is 0. The van der Waals surface area contributed by atoms with E-state index in [0.29, 0.717) is 23.4 Å². The number of aromatic nitrogens is 1. The second-order valence-corrected chi connectivity index (χ2v) is 8.26. The number of aryl methyl sites for hydroxylation is 1. The van der Waals surface area contributed by atoms with Gasteiger partial charge in [-0.2, -0.15) is 0 Å². The average molecular weight is 336 g/mol. The Labute approximate surface area is 135 Å². The third-order valence-electron chi connectivity index (χ3n) is 5.11. The zero-order valence-electron chi connectivity index (χ0n) is 13.0. The van der Waals surface area contributed by atoms with Crippen LogP contribution in [0.4, 0.5) is 0 Å². The average Bonchev–Trinajstić information content (AvgIpc) is 3.22. The van der Waals surface area contributed by atoms with Crippen LogP contribution in [0.25, 0.3) is 11.5 Å². The van der Waals surface area contributed by atoms with Crippen molar-refractivity contribution >= 4 is 10.0 Å². The lowest BCUT2D eigenvalue weighted by Gasteiger charge is -2.19. The first-order valence-electron chi connectivity index (χ1n) is 8.09. The third-order valence-corrected chi connectivity index (χ3v) is 6.47. The molecule has 0 unspecified atom stereocenters. The summed E-state index contributed by atoms with van der Waals surface area (Å²) in [5.41, 5.74) is 0.720. The van der Waals surface area contributed by atoms with Crippen molar-refractivity contribution in [3.05, 3.63) is 23.9 Å². The van der Waals surface area contributed by atoms with Gasteiger partial charge in [-0.1, -0.05) is 18.0 Å². The molecule has 6 nitrogen and oxygen atoms in total. The van der Waals surface area contributed by atoms with Gasteiger partial charge in [0.05, 0.1) is 5.69 Å². The molecule has 0 saturated heterocycles. The van der Waals surface area contributed by atoms with E-state index in [4.69, 9.17) is 8.94 Å². The molecule has 2 saturated carbocycles. The largest absolute Gasteiger partial charge is 0.440 e. The summed E-state index contributed by atoms with van der Waals surface area (Å²) in [6.45, 7) is 1.80. The molecule has 0 spiro atoms. The van der Waals surface area contributed by atoms with Crippen LogP contribution < -0.4 is 4.72 Å². The van der Waals surface area contributed by atoms with E-state index < -0.39 is 10.0 Å². The lowest BCUT2D eigenvalue weighted by molar-refractivity contribution is 0.385. The maximum atomic E-state index is 12.6. The zero-order chi connectivity index (χ0) is 16.0. The number of rotatable bonds is 4. The number of furan rings is 1. The molecule has 0 radical (unpaired) electrons. The number of fused-ring (bicyclic) bond motifs is 1. The quantitative estimate of drug-likeness (QED) is 0.927. The molecule has 2 aliphatic rings. The van der Waals surface area contributed by atoms with Crippen LogP contribution in [0.1, 0.15) is 37.8 Å². The van der Waals surface area contributed by atoms with Crippen molar-refractivity contribution in [1.82, 2.24) is 9.88 Å². The maximum Gasteiger partial charge on any atom is 0.274 e. The van der Waals surface area contributed by atoms with Crippen molar-refractivity contribution in [3.8, 4) is 11.5 Å². The van der Waals surface area contributed by atoms with Crippen molar-refractivity contribution in [2.75, 3.05) is 0 Å². The van der Waals surface area contributed by atoms with Crippen LogP contribution in [-0.2, 0) is 10.0 Å². The fraction of sp³-hybridized carbons (Fsp3) is 0.562. The van der Waals surface area contributed by atoms with E-state index in [2.05, 4.69) is 9.88 Å². The van der Waals surface area contributed by atoms with Crippen molar-refractivity contribution in [2.45, 2.75) is 50.2 Å². The monoisotopic (exact) mass is 336 g/mol. The van der Waals surface area contributed by atoms with Crippen LogP contribution in [0.3, 0.4) is 0 Å². The highest BCUT2D eigenvalue weighted by molar-refractivity contribution is 7.89. The van der Waals surface area contributed by atoms with E-state index in [1.54, 1.807) is 19.1 Å². The molecule has 4 rings (SSSR count). The standard InChI is InChI=1S/C16H20N2O4S/c1-10-9-15(22-17-10)14-7-8-16(21-14)23(19,20)18-13-6-5-11-3-2-4-12(11)13/h7-9,11-13,18H,2-6H2,1H3/t11-,12-,13-/m1/s1. The summed E-state index contributed by atoms with van der Waals surface area (Å²) in [6, 6.07) is 4.81. The molecule has 2 aliphatic carbocycles. The second kappa shape index (κ2) is 5.49. The first-order chi connectivity index (χ1) is 11.0. The molecule has 3 atom stereocenters. The molecule has 2 aromatic rings. The predicted molar refractivity (Wildman–Crippen MR) is 83.1 cm³/mol.